The molecule has 2 rings (SSSR count). The zero-order valence-electron chi connectivity index (χ0n) is 13.0. The van der Waals surface area contributed by atoms with Crippen LogP contribution in [-0.2, 0) is 0 Å². The summed E-state index contributed by atoms with van der Waals surface area (Å²) in [6, 6.07) is 7.93. The monoisotopic (exact) mass is 288 g/mol. The van der Waals surface area contributed by atoms with Gasteiger partial charge in [-0.25, -0.2) is 4.98 Å². The SMILES string of the molecule is CCC(CC)(CO)CNc1nccc2cc(OC)ccc12. The standard InChI is InChI=1S/C17H24N2O2/c1-4-17(5-2,12-20)11-19-16-15-7-6-14(21-3)10-13(15)8-9-18-16/h6-10,20H,4-5,11-12H2,1-3H3,(H,18,19). The molecule has 1 aromatic carbocycles. The Kier molecular flexibility index (Phi) is 5.02. The van der Waals surface area contributed by atoms with Gasteiger partial charge < -0.3 is 15.2 Å². The number of anilines is 1. The number of aliphatic hydroxyl groups excluding tert-OH is 1. The molecule has 0 saturated heterocycles. The zero-order valence-corrected chi connectivity index (χ0v) is 13.0. The maximum absolute atomic E-state index is 9.66. The molecule has 114 valence electrons. The fraction of sp³-hybridized carbons (Fsp3) is 0.471. The topological polar surface area (TPSA) is 54.4 Å². The van der Waals surface area contributed by atoms with E-state index in [0.717, 1.165) is 35.2 Å². The molecule has 0 saturated carbocycles. The largest absolute Gasteiger partial charge is 0.497 e. The van der Waals surface area contributed by atoms with Gasteiger partial charge in [0.25, 0.3) is 0 Å². The second-order valence-electron chi connectivity index (χ2n) is 5.47. The summed E-state index contributed by atoms with van der Waals surface area (Å²) in [5, 5.41) is 15.2. The highest BCUT2D eigenvalue weighted by Gasteiger charge is 2.25. The molecular formula is C17H24N2O2. The van der Waals surface area contributed by atoms with Crippen LogP contribution in [0.15, 0.2) is 30.5 Å². The van der Waals surface area contributed by atoms with Gasteiger partial charge in [-0.2, -0.15) is 0 Å². The molecule has 0 unspecified atom stereocenters. The van der Waals surface area contributed by atoms with E-state index in [2.05, 4.69) is 24.1 Å². The Hall–Kier alpha value is -1.81. The molecule has 1 aromatic heterocycles. The third-order valence-electron chi connectivity index (χ3n) is 4.44. The Morgan fingerprint density at radius 3 is 2.62 bits per heavy atom. The van der Waals surface area contributed by atoms with Crippen molar-refractivity contribution in [2.75, 3.05) is 25.6 Å². The van der Waals surface area contributed by atoms with Crippen LogP contribution in [0, 0.1) is 5.41 Å². The maximum Gasteiger partial charge on any atom is 0.133 e. The van der Waals surface area contributed by atoms with Crippen LogP contribution in [-0.4, -0.2) is 30.4 Å². The summed E-state index contributed by atoms with van der Waals surface area (Å²) < 4.78 is 5.25. The summed E-state index contributed by atoms with van der Waals surface area (Å²) in [5.41, 5.74) is -0.0870. The van der Waals surface area contributed by atoms with E-state index >= 15 is 0 Å². The highest BCUT2D eigenvalue weighted by molar-refractivity contribution is 5.92. The molecule has 0 spiro atoms. The highest BCUT2D eigenvalue weighted by Crippen LogP contribution is 2.29. The number of hydrogen-bond donors (Lipinski definition) is 2. The first-order chi connectivity index (χ1) is 10.2. The van der Waals surface area contributed by atoms with Crippen molar-refractivity contribution in [3.05, 3.63) is 30.5 Å². The predicted octanol–water partition coefficient (Wildman–Crippen LogP) is 3.45. The lowest BCUT2D eigenvalue weighted by Crippen LogP contribution is -2.32. The van der Waals surface area contributed by atoms with Crippen molar-refractivity contribution < 1.29 is 9.84 Å². The van der Waals surface area contributed by atoms with Gasteiger partial charge in [0.2, 0.25) is 0 Å². The van der Waals surface area contributed by atoms with E-state index in [9.17, 15) is 5.11 Å². The van der Waals surface area contributed by atoms with E-state index in [0.29, 0.717) is 6.54 Å². The second kappa shape index (κ2) is 6.76. The molecule has 21 heavy (non-hydrogen) atoms. The summed E-state index contributed by atoms with van der Waals surface area (Å²) in [6.45, 7) is 5.13. The molecule has 0 aliphatic heterocycles. The predicted molar refractivity (Wildman–Crippen MR) is 86.9 cm³/mol. The quantitative estimate of drug-likeness (QED) is 0.819. The van der Waals surface area contributed by atoms with Crippen molar-refractivity contribution in [2.24, 2.45) is 5.41 Å². The Bertz CT molecular complexity index is 586. The zero-order chi connectivity index (χ0) is 15.3. The minimum atomic E-state index is -0.0870. The van der Waals surface area contributed by atoms with Crippen LogP contribution in [0.5, 0.6) is 5.75 Å². The molecule has 0 aliphatic rings. The Morgan fingerprint density at radius 2 is 2.00 bits per heavy atom. The number of benzene rings is 1. The summed E-state index contributed by atoms with van der Waals surface area (Å²) >= 11 is 0. The van der Waals surface area contributed by atoms with E-state index in [4.69, 9.17) is 4.74 Å². The van der Waals surface area contributed by atoms with E-state index in [-0.39, 0.29) is 12.0 Å². The minimum absolute atomic E-state index is 0.0870. The van der Waals surface area contributed by atoms with Crippen LogP contribution in [0.1, 0.15) is 26.7 Å². The van der Waals surface area contributed by atoms with Gasteiger partial charge in [0, 0.05) is 23.5 Å². The Balaban J connectivity index is 2.26. The van der Waals surface area contributed by atoms with Gasteiger partial charge >= 0.3 is 0 Å². The lowest BCUT2D eigenvalue weighted by Gasteiger charge is -2.30. The number of rotatable bonds is 7. The average Bonchev–Trinajstić information content (AvgIpc) is 2.56. The van der Waals surface area contributed by atoms with Crippen LogP contribution in [0.3, 0.4) is 0 Å². The van der Waals surface area contributed by atoms with Crippen LogP contribution < -0.4 is 10.1 Å². The van der Waals surface area contributed by atoms with Gasteiger partial charge in [-0.15, -0.1) is 0 Å². The smallest absolute Gasteiger partial charge is 0.133 e. The number of methoxy groups -OCH3 is 1. The average molecular weight is 288 g/mol. The van der Waals surface area contributed by atoms with Gasteiger partial charge in [0.1, 0.15) is 11.6 Å². The molecule has 1 heterocycles. The van der Waals surface area contributed by atoms with Crippen molar-refractivity contribution in [3.63, 3.8) is 0 Å². The molecule has 0 radical (unpaired) electrons. The highest BCUT2D eigenvalue weighted by atomic mass is 16.5. The third kappa shape index (κ3) is 3.27. The van der Waals surface area contributed by atoms with E-state index in [1.165, 1.54) is 0 Å². The van der Waals surface area contributed by atoms with E-state index < -0.39 is 0 Å². The normalized spacial score (nSPS) is 11.6. The first-order valence-electron chi connectivity index (χ1n) is 7.45. The molecule has 0 amide bonds. The van der Waals surface area contributed by atoms with Crippen molar-refractivity contribution in [1.29, 1.82) is 0 Å². The number of nitrogens with one attached hydrogen (secondary N) is 1. The van der Waals surface area contributed by atoms with Gasteiger partial charge in [-0.3, -0.25) is 0 Å². The summed E-state index contributed by atoms with van der Waals surface area (Å²) in [5.74, 6) is 1.70. The van der Waals surface area contributed by atoms with Crippen LogP contribution in [0.25, 0.3) is 10.8 Å². The van der Waals surface area contributed by atoms with Crippen LogP contribution in [0.4, 0.5) is 5.82 Å². The van der Waals surface area contributed by atoms with E-state index in [1.807, 2.05) is 24.3 Å². The van der Waals surface area contributed by atoms with Gasteiger partial charge in [-0.05, 0) is 42.5 Å². The third-order valence-corrected chi connectivity index (χ3v) is 4.44. The van der Waals surface area contributed by atoms with Crippen molar-refractivity contribution in [2.45, 2.75) is 26.7 Å². The number of pyridine rings is 1. The number of hydrogen-bond acceptors (Lipinski definition) is 4. The molecule has 4 heteroatoms. The molecule has 0 fully saturated rings. The van der Waals surface area contributed by atoms with Gasteiger partial charge in [0.15, 0.2) is 0 Å². The first-order valence-corrected chi connectivity index (χ1v) is 7.45. The molecule has 2 aromatic rings. The van der Waals surface area contributed by atoms with Crippen molar-refractivity contribution in [3.8, 4) is 5.75 Å². The first kappa shape index (κ1) is 15.6. The Morgan fingerprint density at radius 1 is 1.24 bits per heavy atom. The number of aromatic nitrogens is 1. The molecule has 2 N–H and O–H groups in total. The lowest BCUT2D eigenvalue weighted by molar-refractivity contribution is 0.127. The summed E-state index contributed by atoms with van der Waals surface area (Å²) in [4.78, 5) is 4.43. The summed E-state index contributed by atoms with van der Waals surface area (Å²) in [6.07, 6.45) is 3.67. The number of aliphatic hydroxyl groups is 1. The van der Waals surface area contributed by atoms with Crippen LogP contribution in [0.2, 0.25) is 0 Å². The Labute approximate surface area is 126 Å². The molecule has 0 bridgehead atoms. The number of ether oxygens (including phenoxy) is 1. The molecular weight excluding hydrogens is 264 g/mol. The van der Waals surface area contributed by atoms with Crippen LogP contribution >= 0.6 is 0 Å². The van der Waals surface area contributed by atoms with Gasteiger partial charge in [0.05, 0.1) is 13.7 Å². The fourth-order valence-corrected chi connectivity index (χ4v) is 2.47. The van der Waals surface area contributed by atoms with Crippen molar-refractivity contribution in [1.82, 2.24) is 4.98 Å². The summed E-state index contributed by atoms with van der Waals surface area (Å²) in [7, 11) is 1.67. The number of nitrogens with zero attached hydrogens (tertiary/aromatic N) is 1. The van der Waals surface area contributed by atoms with Crippen molar-refractivity contribution >= 4 is 16.6 Å². The molecule has 0 aliphatic carbocycles. The number of fused-ring (bicyclic) bond motifs is 1. The lowest BCUT2D eigenvalue weighted by atomic mass is 9.83. The maximum atomic E-state index is 9.66. The molecule has 4 nitrogen and oxygen atoms in total. The minimum Gasteiger partial charge on any atom is -0.497 e. The van der Waals surface area contributed by atoms with Gasteiger partial charge in [-0.1, -0.05) is 13.8 Å². The van der Waals surface area contributed by atoms with E-state index in [1.54, 1.807) is 13.3 Å². The second-order valence-corrected chi connectivity index (χ2v) is 5.47. The molecule has 0 atom stereocenters. The fourth-order valence-electron chi connectivity index (χ4n) is 2.47.